The van der Waals surface area contributed by atoms with Gasteiger partial charge in [-0.3, -0.25) is 14.5 Å². The number of rotatable bonds is 8. The summed E-state index contributed by atoms with van der Waals surface area (Å²) < 4.78 is 0. The zero-order valence-corrected chi connectivity index (χ0v) is 13.9. The van der Waals surface area contributed by atoms with Gasteiger partial charge in [-0.15, -0.1) is 0 Å². The number of carbonyl (C=O) groups is 2. The Hall–Kier alpha value is -1.59. The minimum absolute atomic E-state index is 0.427. The van der Waals surface area contributed by atoms with Crippen molar-refractivity contribution in [3.8, 4) is 0 Å². The second-order valence-corrected chi connectivity index (χ2v) is 5.38. The summed E-state index contributed by atoms with van der Waals surface area (Å²) in [6, 6.07) is 7.71. The Kier molecular flexibility index (Phi) is 8.55. The molecule has 0 atom stereocenters. The average Bonchev–Trinajstić information content (AvgIpc) is 2.53. The third kappa shape index (κ3) is 6.45. The normalized spacial score (nSPS) is 10.5. The molecule has 0 spiro atoms. The molecule has 0 saturated heterocycles. The number of hydrogen-bond acceptors (Lipinski definition) is 3. The van der Waals surface area contributed by atoms with Crippen molar-refractivity contribution in [3.05, 3.63) is 34.9 Å². The Balaban J connectivity index is 2.37. The van der Waals surface area contributed by atoms with Gasteiger partial charge in [0.2, 0.25) is 0 Å². The van der Waals surface area contributed by atoms with Crippen LogP contribution in [0.4, 0.5) is 0 Å². The lowest BCUT2D eigenvalue weighted by Crippen LogP contribution is -2.43. The van der Waals surface area contributed by atoms with E-state index in [4.69, 9.17) is 11.6 Å². The second-order valence-electron chi connectivity index (χ2n) is 4.97. The number of hydrogen-bond donors (Lipinski definition) is 2. The van der Waals surface area contributed by atoms with Crippen LogP contribution in [0, 0.1) is 0 Å². The molecule has 122 valence electrons. The fourth-order valence-corrected chi connectivity index (χ4v) is 2.14. The van der Waals surface area contributed by atoms with Gasteiger partial charge in [0.15, 0.2) is 0 Å². The van der Waals surface area contributed by atoms with Gasteiger partial charge in [0, 0.05) is 31.2 Å². The lowest BCUT2D eigenvalue weighted by Gasteiger charge is -2.21. The molecule has 0 unspecified atom stereocenters. The summed E-state index contributed by atoms with van der Waals surface area (Å²) >= 11 is 6.15. The number of nitrogens with zero attached hydrogens (tertiary/aromatic N) is 1. The maximum atomic E-state index is 11.6. The van der Waals surface area contributed by atoms with Crippen LogP contribution >= 0.6 is 11.6 Å². The van der Waals surface area contributed by atoms with Crippen molar-refractivity contribution in [3.63, 3.8) is 0 Å². The molecule has 1 aromatic carbocycles. The van der Waals surface area contributed by atoms with E-state index in [0.29, 0.717) is 26.2 Å². The van der Waals surface area contributed by atoms with Gasteiger partial charge in [0.1, 0.15) is 0 Å². The van der Waals surface area contributed by atoms with Gasteiger partial charge in [-0.1, -0.05) is 43.6 Å². The van der Waals surface area contributed by atoms with Crippen LogP contribution in [-0.2, 0) is 16.1 Å². The molecule has 2 N–H and O–H groups in total. The smallest absolute Gasteiger partial charge is 0.309 e. The first-order chi connectivity index (χ1) is 10.6. The molecule has 5 nitrogen and oxygen atoms in total. The van der Waals surface area contributed by atoms with Crippen molar-refractivity contribution in [2.24, 2.45) is 0 Å². The summed E-state index contributed by atoms with van der Waals surface area (Å²) in [6.45, 7) is 7.14. The third-order valence-corrected chi connectivity index (χ3v) is 3.62. The number of halogens is 1. The minimum atomic E-state index is -0.581. The molecular formula is C16H24ClN3O2. The van der Waals surface area contributed by atoms with Gasteiger partial charge in [-0.05, 0) is 24.6 Å². The number of benzene rings is 1. The molecule has 1 aromatic rings. The molecule has 0 aliphatic rings. The average molecular weight is 326 g/mol. The second kappa shape index (κ2) is 10.2. The summed E-state index contributed by atoms with van der Waals surface area (Å²) in [4.78, 5) is 25.2. The number of likely N-dealkylation sites (N-methyl/N-ethyl adjacent to an activating group) is 1. The Labute approximate surface area is 137 Å². The molecular weight excluding hydrogens is 302 g/mol. The van der Waals surface area contributed by atoms with E-state index in [1.807, 2.05) is 38.1 Å². The Bertz CT molecular complexity index is 494. The highest BCUT2D eigenvalue weighted by Crippen LogP contribution is 2.16. The van der Waals surface area contributed by atoms with E-state index in [2.05, 4.69) is 15.5 Å². The summed E-state index contributed by atoms with van der Waals surface area (Å²) in [5.41, 5.74) is 1.05. The maximum Gasteiger partial charge on any atom is 0.309 e. The van der Waals surface area contributed by atoms with Crippen molar-refractivity contribution in [2.75, 3.05) is 26.2 Å². The lowest BCUT2D eigenvalue weighted by atomic mass is 10.2. The van der Waals surface area contributed by atoms with E-state index >= 15 is 0 Å². The lowest BCUT2D eigenvalue weighted by molar-refractivity contribution is -0.139. The molecule has 6 heteroatoms. The van der Waals surface area contributed by atoms with E-state index in [-0.39, 0.29) is 0 Å². The van der Waals surface area contributed by atoms with E-state index in [0.717, 1.165) is 23.6 Å². The van der Waals surface area contributed by atoms with E-state index in [1.54, 1.807) is 0 Å². The third-order valence-electron chi connectivity index (χ3n) is 3.25. The van der Waals surface area contributed by atoms with E-state index in [1.165, 1.54) is 0 Å². The summed E-state index contributed by atoms with van der Waals surface area (Å²) in [7, 11) is 0. The topological polar surface area (TPSA) is 61.4 Å². The Morgan fingerprint density at radius 3 is 2.32 bits per heavy atom. The zero-order valence-electron chi connectivity index (χ0n) is 13.2. The van der Waals surface area contributed by atoms with Gasteiger partial charge >= 0.3 is 11.8 Å². The van der Waals surface area contributed by atoms with Crippen molar-refractivity contribution < 1.29 is 9.59 Å². The standard InChI is InChI=1S/C16H24ClN3O2/c1-3-9-18-15(21)16(22)19-10-11-20(4-2)12-13-7-5-6-8-14(13)17/h5-8H,3-4,9-12H2,1-2H3,(H,18,21)(H,19,22). The molecule has 0 aliphatic carbocycles. The highest BCUT2D eigenvalue weighted by molar-refractivity contribution is 6.35. The van der Waals surface area contributed by atoms with Crippen molar-refractivity contribution >= 4 is 23.4 Å². The Morgan fingerprint density at radius 1 is 1.09 bits per heavy atom. The highest BCUT2D eigenvalue weighted by atomic mass is 35.5. The predicted molar refractivity (Wildman–Crippen MR) is 88.7 cm³/mol. The minimum Gasteiger partial charge on any atom is -0.348 e. The van der Waals surface area contributed by atoms with Crippen molar-refractivity contribution in [1.82, 2.24) is 15.5 Å². The van der Waals surface area contributed by atoms with Crippen LogP contribution < -0.4 is 10.6 Å². The van der Waals surface area contributed by atoms with Crippen molar-refractivity contribution in [1.29, 1.82) is 0 Å². The van der Waals surface area contributed by atoms with Crippen LogP contribution in [0.25, 0.3) is 0 Å². The van der Waals surface area contributed by atoms with Crippen LogP contribution in [-0.4, -0.2) is 42.9 Å². The molecule has 0 aromatic heterocycles. The fraction of sp³-hybridized carbons (Fsp3) is 0.500. The first-order valence-corrected chi connectivity index (χ1v) is 7.98. The summed E-state index contributed by atoms with van der Waals surface area (Å²) in [5.74, 6) is -1.15. The van der Waals surface area contributed by atoms with Gasteiger partial charge in [-0.25, -0.2) is 0 Å². The van der Waals surface area contributed by atoms with Crippen LogP contribution in [0.15, 0.2) is 24.3 Å². The highest BCUT2D eigenvalue weighted by Gasteiger charge is 2.12. The van der Waals surface area contributed by atoms with Crippen LogP contribution in [0.3, 0.4) is 0 Å². The first-order valence-electron chi connectivity index (χ1n) is 7.60. The zero-order chi connectivity index (χ0) is 16.4. The van der Waals surface area contributed by atoms with Gasteiger partial charge in [0.25, 0.3) is 0 Å². The molecule has 0 saturated carbocycles. The van der Waals surface area contributed by atoms with Gasteiger partial charge < -0.3 is 10.6 Å². The van der Waals surface area contributed by atoms with Gasteiger partial charge in [-0.2, -0.15) is 0 Å². The van der Waals surface area contributed by atoms with Crippen LogP contribution in [0.5, 0.6) is 0 Å². The molecule has 1 rings (SSSR count). The summed E-state index contributed by atoms with van der Waals surface area (Å²) in [5, 5.41) is 5.92. The molecule has 0 bridgehead atoms. The van der Waals surface area contributed by atoms with E-state index < -0.39 is 11.8 Å². The fourth-order valence-electron chi connectivity index (χ4n) is 1.94. The molecule has 0 fully saturated rings. The van der Waals surface area contributed by atoms with Crippen LogP contribution in [0.1, 0.15) is 25.8 Å². The number of carbonyl (C=O) groups excluding carboxylic acids is 2. The molecule has 0 radical (unpaired) electrons. The quantitative estimate of drug-likeness (QED) is 0.717. The predicted octanol–water partition coefficient (Wildman–Crippen LogP) is 1.80. The van der Waals surface area contributed by atoms with E-state index in [9.17, 15) is 9.59 Å². The Morgan fingerprint density at radius 2 is 1.73 bits per heavy atom. The number of nitrogens with one attached hydrogen (secondary N) is 2. The van der Waals surface area contributed by atoms with Gasteiger partial charge in [0.05, 0.1) is 0 Å². The summed E-state index contributed by atoms with van der Waals surface area (Å²) in [6.07, 6.45) is 0.806. The SMILES string of the molecule is CCCNC(=O)C(=O)NCCN(CC)Cc1ccccc1Cl. The maximum absolute atomic E-state index is 11.6. The molecule has 0 heterocycles. The monoisotopic (exact) mass is 325 g/mol. The largest absolute Gasteiger partial charge is 0.348 e. The van der Waals surface area contributed by atoms with Crippen molar-refractivity contribution in [2.45, 2.75) is 26.8 Å². The first kappa shape index (κ1) is 18.5. The molecule has 0 aliphatic heterocycles. The van der Waals surface area contributed by atoms with Crippen LogP contribution in [0.2, 0.25) is 5.02 Å². The number of amides is 2. The molecule has 2 amide bonds. The molecule has 22 heavy (non-hydrogen) atoms.